The van der Waals surface area contributed by atoms with Gasteiger partial charge in [0.25, 0.3) is 0 Å². The number of amides is 1. The van der Waals surface area contributed by atoms with Crippen LogP contribution in [-0.4, -0.2) is 5.91 Å². The van der Waals surface area contributed by atoms with Gasteiger partial charge in [0.2, 0.25) is 5.91 Å². The van der Waals surface area contributed by atoms with Gasteiger partial charge in [-0.2, -0.15) is 0 Å². The molecule has 0 aliphatic heterocycles. The van der Waals surface area contributed by atoms with Crippen molar-refractivity contribution in [3.05, 3.63) is 63.6 Å². The van der Waals surface area contributed by atoms with Crippen LogP contribution in [-0.2, 0) is 17.8 Å². The van der Waals surface area contributed by atoms with Gasteiger partial charge in [-0.3, -0.25) is 10.2 Å². The SMILES string of the molecule is NNC(=O)Cc1ccc(COc2cc(Cl)ccc2Cl)cc1. The number of hydrogen-bond acceptors (Lipinski definition) is 3. The van der Waals surface area contributed by atoms with Crippen molar-refractivity contribution < 1.29 is 9.53 Å². The fourth-order valence-corrected chi connectivity index (χ4v) is 2.07. The summed E-state index contributed by atoms with van der Waals surface area (Å²) in [5.41, 5.74) is 3.93. The highest BCUT2D eigenvalue weighted by atomic mass is 35.5. The number of hydrogen-bond donors (Lipinski definition) is 2. The topological polar surface area (TPSA) is 64.3 Å². The maximum absolute atomic E-state index is 11.2. The molecule has 2 aromatic rings. The van der Waals surface area contributed by atoms with Gasteiger partial charge in [-0.1, -0.05) is 47.5 Å². The Morgan fingerprint density at radius 1 is 1.10 bits per heavy atom. The molecule has 0 saturated heterocycles. The molecule has 0 aliphatic rings. The molecule has 0 aromatic heterocycles. The van der Waals surface area contributed by atoms with E-state index in [-0.39, 0.29) is 12.3 Å². The molecule has 0 spiro atoms. The van der Waals surface area contributed by atoms with Crippen molar-refractivity contribution in [1.82, 2.24) is 5.43 Å². The van der Waals surface area contributed by atoms with Crippen LogP contribution in [0.15, 0.2) is 42.5 Å². The average molecular weight is 325 g/mol. The van der Waals surface area contributed by atoms with Gasteiger partial charge in [0.1, 0.15) is 12.4 Å². The second kappa shape index (κ2) is 7.31. The molecule has 0 bridgehead atoms. The Morgan fingerprint density at radius 3 is 2.43 bits per heavy atom. The minimum Gasteiger partial charge on any atom is -0.487 e. The van der Waals surface area contributed by atoms with Gasteiger partial charge in [-0.15, -0.1) is 0 Å². The van der Waals surface area contributed by atoms with E-state index in [1.54, 1.807) is 18.2 Å². The zero-order valence-corrected chi connectivity index (χ0v) is 12.6. The van der Waals surface area contributed by atoms with Crippen LogP contribution >= 0.6 is 23.2 Å². The molecular weight excluding hydrogens is 311 g/mol. The van der Waals surface area contributed by atoms with E-state index in [1.165, 1.54) is 0 Å². The number of hydrazine groups is 1. The van der Waals surface area contributed by atoms with Gasteiger partial charge in [0.15, 0.2) is 0 Å². The van der Waals surface area contributed by atoms with Crippen LogP contribution < -0.4 is 16.0 Å². The van der Waals surface area contributed by atoms with Gasteiger partial charge >= 0.3 is 0 Å². The maximum Gasteiger partial charge on any atom is 0.238 e. The van der Waals surface area contributed by atoms with Crippen LogP contribution in [0.3, 0.4) is 0 Å². The molecule has 4 nitrogen and oxygen atoms in total. The minimum absolute atomic E-state index is 0.232. The van der Waals surface area contributed by atoms with Crippen molar-refractivity contribution in [2.24, 2.45) is 5.84 Å². The molecule has 0 unspecified atom stereocenters. The maximum atomic E-state index is 11.2. The van der Waals surface area contributed by atoms with E-state index in [1.807, 2.05) is 24.3 Å². The molecule has 1 amide bonds. The third-order valence-electron chi connectivity index (χ3n) is 2.84. The second-order valence-corrected chi connectivity index (χ2v) is 5.27. The van der Waals surface area contributed by atoms with E-state index in [9.17, 15) is 4.79 Å². The van der Waals surface area contributed by atoms with E-state index in [2.05, 4.69) is 5.43 Å². The second-order valence-electron chi connectivity index (χ2n) is 4.42. The summed E-state index contributed by atoms with van der Waals surface area (Å²) in [6.45, 7) is 0.365. The summed E-state index contributed by atoms with van der Waals surface area (Å²) < 4.78 is 5.63. The number of rotatable bonds is 5. The number of carbonyl (C=O) groups is 1. The van der Waals surface area contributed by atoms with E-state index >= 15 is 0 Å². The summed E-state index contributed by atoms with van der Waals surface area (Å²) in [4.78, 5) is 11.2. The molecule has 6 heteroatoms. The van der Waals surface area contributed by atoms with Crippen molar-refractivity contribution >= 4 is 29.1 Å². The van der Waals surface area contributed by atoms with Crippen molar-refractivity contribution in [3.8, 4) is 5.75 Å². The van der Waals surface area contributed by atoms with Crippen LogP contribution in [0.25, 0.3) is 0 Å². The molecule has 0 fully saturated rings. The molecular formula is C15H14Cl2N2O2. The smallest absolute Gasteiger partial charge is 0.238 e. The highest BCUT2D eigenvalue weighted by Crippen LogP contribution is 2.28. The largest absolute Gasteiger partial charge is 0.487 e. The highest BCUT2D eigenvalue weighted by molar-refractivity contribution is 6.34. The fourth-order valence-electron chi connectivity index (χ4n) is 1.74. The van der Waals surface area contributed by atoms with Gasteiger partial charge in [0, 0.05) is 11.1 Å². The molecule has 110 valence electrons. The Kier molecular flexibility index (Phi) is 5.44. The van der Waals surface area contributed by atoms with Gasteiger partial charge in [0.05, 0.1) is 11.4 Å². The van der Waals surface area contributed by atoms with Gasteiger partial charge in [-0.25, -0.2) is 5.84 Å². The molecule has 21 heavy (non-hydrogen) atoms. The average Bonchev–Trinajstić information content (AvgIpc) is 2.49. The van der Waals surface area contributed by atoms with Crippen LogP contribution in [0, 0.1) is 0 Å². The van der Waals surface area contributed by atoms with E-state index < -0.39 is 0 Å². The molecule has 2 aromatic carbocycles. The predicted molar refractivity (Wildman–Crippen MR) is 83.3 cm³/mol. The first kappa shape index (κ1) is 15.6. The van der Waals surface area contributed by atoms with Gasteiger partial charge < -0.3 is 4.74 Å². The number of nitrogens with two attached hydrogens (primary N) is 1. The minimum atomic E-state index is -0.232. The molecule has 0 atom stereocenters. The Labute approximate surface area is 132 Å². The molecule has 3 N–H and O–H groups in total. The zero-order chi connectivity index (χ0) is 15.2. The first-order valence-corrected chi connectivity index (χ1v) is 6.99. The molecule has 2 rings (SSSR count). The molecule has 0 saturated carbocycles. The molecule has 0 heterocycles. The Morgan fingerprint density at radius 2 is 1.76 bits per heavy atom. The normalized spacial score (nSPS) is 10.2. The molecule has 0 aliphatic carbocycles. The number of ether oxygens (including phenoxy) is 1. The quantitative estimate of drug-likeness (QED) is 0.504. The summed E-state index contributed by atoms with van der Waals surface area (Å²) in [6.07, 6.45) is 0.248. The van der Waals surface area contributed by atoms with Crippen LogP contribution in [0.1, 0.15) is 11.1 Å². The summed E-state index contributed by atoms with van der Waals surface area (Å²) in [7, 11) is 0. The fraction of sp³-hybridized carbons (Fsp3) is 0.133. The lowest BCUT2D eigenvalue weighted by Gasteiger charge is -2.09. The van der Waals surface area contributed by atoms with Crippen molar-refractivity contribution in [1.29, 1.82) is 0 Å². The van der Waals surface area contributed by atoms with E-state index in [0.717, 1.165) is 11.1 Å². The van der Waals surface area contributed by atoms with E-state index in [4.69, 9.17) is 33.8 Å². The number of halogens is 2. The first-order valence-electron chi connectivity index (χ1n) is 6.23. The van der Waals surface area contributed by atoms with Gasteiger partial charge in [-0.05, 0) is 23.3 Å². The lowest BCUT2D eigenvalue weighted by molar-refractivity contribution is -0.120. The lowest BCUT2D eigenvalue weighted by Crippen LogP contribution is -2.31. The Bertz CT molecular complexity index is 630. The predicted octanol–water partition coefficient (Wildman–Crippen LogP) is 3.10. The standard InChI is InChI=1S/C15H14Cl2N2O2/c16-12-5-6-13(17)14(8-12)21-9-11-3-1-10(2-4-11)7-15(20)19-18/h1-6,8H,7,9,18H2,(H,19,20). The number of nitrogens with one attached hydrogen (secondary N) is 1. The van der Waals surface area contributed by atoms with Crippen molar-refractivity contribution in [2.45, 2.75) is 13.0 Å². The van der Waals surface area contributed by atoms with Crippen molar-refractivity contribution in [2.75, 3.05) is 0 Å². The Balaban J connectivity index is 1.97. The summed E-state index contributed by atoms with van der Waals surface area (Å²) >= 11 is 11.9. The van der Waals surface area contributed by atoms with Crippen LogP contribution in [0.4, 0.5) is 0 Å². The first-order chi connectivity index (χ1) is 10.1. The third-order valence-corrected chi connectivity index (χ3v) is 3.38. The summed E-state index contributed by atoms with van der Waals surface area (Å²) in [5.74, 6) is 5.35. The van der Waals surface area contributed by atoms with Crippen molar-refractivity contribution in [3.63, 3.8) is 0 Å². The summed E-state index contributed by atoms with van der Waals surface area (Å²) in [6, 6.07) is 12.5. The number of benzene rings is 2. The van der Waals surface area contributed by atoms with E-state index in [0.29, 0.717) is 22.4 Å². The lowest BCUT2D eigenvalue weighted by atomic mass is 10.1. The third kappa shape index (κ3) is 4.63. The number of carbonyl (C=O) groups excluding carboxylic acids is 1. The van der Waals surface area contributed by atoms with Crippen LogP contribution in [0.2, 0.25) is 10.0 Å². The highest BCUT2D eigenvalue weighted by Gasteiger charge is 2.04. The Hall–Kier alpha value is -1.75. The monoisotopic (exact) mass is 324 g/mol. The van der Waals surface area contributed by atoms with Crippen LogP contribution in [0.5, 0.6) is 5.75 Å². The summed E-state index contributed by atoms with van der Waals surface area (Å²) in [5, 5.41) is 1.08. The zero-order valence-electron chi connectivity index (χ0n) is 11.1. The molecule has 0 radical (unpaired) electrons.